The van der Waals surface area contributed by atoms with Crippen molar-refractivity contribution in [3.05, 3.63) is 23.8 Å². The predicted octanol–water partition coefficient (Wildman–Crippen LogP) is 2.73. The molecule has 1 aliphatic heterocycles. The van der Waals surface area contributed by atoms with Crippen molar-refractivity contribution < 1.29 is 4.79 Å². The van der Waals surface area contributed by atoms with Gasteiger partial charge in [0.15, 0.2) is 0 Å². The lowest BCUT2D eigenvalue weighted by Gasteiger charge is -2.33. The number of hydrogen-bond donors (Lipinski definition) is 1. The molecule has 0 radical (unpaired) electrons. The second-order valence-corrected chi connectivity index (χ2v) is 7.68. The fourth-order valence-corrected chi connectivity index (χ4v) is 3.53. The van der Waals surface area contributed by atoms with Gasteiger partial charge in [-0.05, 0) is 44.2 Å². The molecule has 24 heavy (non-hydrogen) atoms. The molecule has 2 aliphatic rings. The number of carbonyl (C=O) groups excluding carboxylic acids is 1. The Morgan fingerprint density at radius 2 is 2.17 bits per heavy atom. The van der Waals surface area contributed by atoms with Crippen LogP contribution in [0.4, 0.5) is 0 Å². The summed E-state index contributed by atoms with van der Waals surface area (Å²) in [4.78, 5) is 23.5. The summed E-state index contributed by atoms with van der Waals surface area (Å²) in [7, 11) is 0. The fraction of sp³-hybridized carbons (Fsp3) is 0.737. The Bertz CT molecular complexity index is 556. The Balaban J connectivity index is 1.48. The number of likely N-dealkylation sites (tertiary alicyclic amines) is 1. The number of nitrogens with zero attached hydrogens (tertiary/aromatic N) is 3. The molecule has 1 amide bonds. The highest BCUT2D eigenvalue weighted by Gasteiger charge is 2.26. The van der Waals surface area contributed by atoms with Crippen LogP contribution in [0.25, 0.3) is 0 Å². The van der Waals surface area contributed by atoms with Gasteiger partial charge in [-0.3, -0.25) is 9.69 Å². The second kappa shape index (κ2) is 8.06. The SMILES string of the molecule is CC(C)c1nccc(CN2CCC[C@H](CNC(=O)C3CCC3)C2)n1. The first-order chi connectivity index (χ1) is 11.6. The maximum Gasteiger partial charge on any atom is 0.223 e. The average molecular weight is 330 g/mol. The number of nitrogens with one attached hydrogen (secondary N) is 1. The van der Waals surface area contributed by atoms with E-state index in [-0.39, 0.29) is 5.91 Å². The predicted molar refractivity (Wildman–Crippen MR) is 94.5 cm³/mol. The third-order valence-corrected chi connectivity index (χ3v) is 5.28. The third-order valence-electron chi connectivity index (χ3n) is 5.28. The molecule has 1 saturated heterocycles. The number of carbonyl (C=O) groups is 1. The zero-order valence-electron chi connectivity index (χ0n) is 15.0. The molecule has 1 aromatic heterocycles. The summed E-state index contributed by atoms with van der Waals surface area (Å²) in [5.74, 6) is 2.42. The molecule has 1 atom stereocenters. The summed E-state index contributed by atoms with van der Waals surface area (Å²) >= 11 is 0. The highest BCUT2D eigenvalue weighted by atomic mass is 16.1. The number of hydrogen-bond acceptors (Lipinski definition) is 4. The molecular formula is C19H30N4O. The van der Waals surface area contributed by atoms with Gasteiger partial charge in [0.25, 0.3) is 0 Å². The molecule has 1 aliphatic carbocycles. The Kier molecular flexibility index (Phi) is 5.82. The lowest BCUT2D eigenvalue weighted by atomic mass is 9.84. The minimum atomic E-state index is 0.274. The molecule has 0 aromatic carbocycles. The van der Waals surface area contributed by atoms with E-state index < -0.39 is 0 Å². The quantitative estimate of drug-likeness (QED) is 0.871. The molecule has 2 heterocycles. The third kappa shape index (κ3) is 4.53. The first kappa shape index (κ1) is 17.3. The van der Waals surface area contributed by atoms with Crippen LogP contribution in [0.1, 0.15) is 63.4 Å². The molecule has 0 unspecified atom stereocenters. The van der Waals surface area contributed by atoms with E-state index in [4.69, 9.17) is 0 Å². The molecule has 1 aromatic rings. The van der Waals surface area contributed by atoms with E-state index in [2.05, 4.69) is 34.0 Å². The molecular weight excluding hydrogens is 300 g/mol. The van der Waals surface area contributed by atoms with E-state index in [9.17, 15) is 4.79 Å². The van der Waals surface area contributed by atoms with Crippen molar-refractivity contribution in [2.45, 2.75) is 58.4 Å². The van der Waals surface area contributed by atoms with Crippen LogP contribution < -0.4 is 5.32 Å². The summed E-state index contributed by atoms with van der Waals surface area (Å²) in [6, 6.07) is 2.02. The van der Waals surface area contributed by atoms with E-state index in [1.54, 1.807) is 0 Å². The summed E-state index contributed by atoms with van der Waals surface area (Å²) in [6.45, 7) is 8.13. The van der Waals surface area contributed by atoms with E-state index in [0.29, 0.717) is 17.8 Å². The van der Waals surface area contributed by atoms with Gasteiger partial charge >= 0.3 is 0 Å². The average Bonchev–Trinajstić information content (AvgIpc) is 2.52. The van der Waals surface area contributed by atoms with Crippen molar-refractivity contribution in [3.8, 4) is 0 Å². The van der Waals surface area contributed by atoms with Crippen molar-refractivity contribution in [1.82, 2.24) is 20.2 Å². The van der Waals surface area contributed by atoms with Gasteiger partial charge in [0.1, 0.15) is 5.82 Å². The smallest absolute Gasteiger partial charge is 0.223 e. The zero-order valence-corrected chi connectivity index (χ0v) is 15.0. The highest BCUT2D eigenvalue weighted by molar-refractivity contribution is 5.79. The van der Waals surface area contributed by atoms with Gasteiger partial charge in [-0.15, -0.1) is 0 Å². The largest absolute Gasteiger partial charge is 0.356 e. The van der Waals surface area contributed by atoms with E-state index >= 15 is 0 Å². The lowest BCUT2D eigenvalue weighted by Crippen LogP contribution is -2.43. The van der Waals surface area contributed by atoms with Crippen molar-refractivity contribution in [3.63, 3.8) is 0 Å². The van der Waals surface area contributed by atoms with E-state index in [1.807, 2.05) is 12.3 Å². The zero-order chi connectivity index (χ0) is 16.9. The van der Waals surface area contributed by atoms with Gasteiger partial charge < -0.3 is 5.32 Å². The first-order valence-electron chi connectivity index (χ1n) is 9.43. The van der Waals surface area contributed by atoms with Crippen molar-refractivity contribution in [2.75, 3.05) is 19.6 Å². The second-order valence-electron chi connectivity index (χ2n) is 7.68. The fourth-order valence-electron chi connectivity index (χ4n) is 3.53. The van der Waals surface area contributed by atoms with Gasteiger partial charge in [0, 0.05) is 37.7 Å². The molecule has 1 N–H and O–H groups in total. The van der Waals surface area contributed by atoms with Crippen molar-refractivity contribution >= 4 is 5.91 Å². The molecule has 0 spiro atoms. The van der Waals surface area contributed by atoms with Crippen LogP contribution in [0.15, 0.2) is 12.3 Å². The summed E-state index contributed by atoms with van der Waals surface area (Å²) in [5.41, 5.74) is 1.10. The summed E-state index contributed by atoms with van der Waals surface area (Å²) < 4.78 is 0. The first-order valence-corrected chi connectivity index (χ1v) is 9.43. The van der Waals surface area contributed by atoms with Crippen LogP contribution in [0.5, 0.6) is 0 Å². The van der Waals surface area contributed by atoms with E-state index in [0.717, 1.165) is 50.5 Å². The minimum Gasteiger partial charge on any atom is -0.356 e. The Labute approximate surface area is 145 Å². The van der Waals surface area contributed by atoms with Crippen molar-refractivity contribution in [2.24, 2.45) is 11.8 Å². The molecule has 2 fully saturated rings. The van der Waals surface area contributed by atoms with Crippen LogP contribution in [-0.2, 0) is 11.3 Å². The van der Waals surface area contributed by atoms with Gasteiger partial charge in [0.2, 0.25) is 5.91 Å². The van der Waals surface area contributed by atoms with Crippen LogP contribution >= 0.6 is 0 Å². The molecule has 0 bridgehead atoms. The molecule has 5 nitrogen and oxygen atoms in total. The maximum absolute atomic E-state index is 12.0. The molecule has 3 rings (SSSR count). The topological polar surface area (TPSA) is 58.1 Å². The number of piperidine rings is 1. The van der Waals surface area contributed by atoms with Crippen LogP contribution in [0.2, 0.25) is 0 Å². The van der Waals surface area contributed by atoms with Crippen molar-refractivity contribution in [1.29, 1.82) is 0 Å². The Morgan fingerprint density at radius 3 is 2.88 bits per heavy atom. The highest BCUT2D eigenvalue weighted by Crippen LogP contribution is 2.26. The lowest BCUT2D eigenvalue weighted by molar-refractivity contribution is -0.127. The van der Waals surface area contributed by atoms with E-state index in [1.165, 1.54) is 19.3 Å². The standard InChI is InChI=1S/C19H30N4O/c1-14(2)18-20-9-8-17(22-18)13-23-10-4-5-15(12-23)11-21-19(24)16-6-3-7-16/h8-9,14-16H,3-7,10-13H2,1-2H3,(H,21,24)/t15-/m1/s1. The Morgan fingerprint density at radius 1 is 1.33 bits per heavy atom. The maximum atomic E-state index is 12.0. The molecule has 1 saturated carbocycles. The monoisotopic (exact) mass is 330 g/mol. The van der Waals surface area contributed by atoms with Gasteiger partial charge in [-0.2, -0.15) is 0 Å². The molecule has 5 heteroatoms. The number of aromatic nitrogens is 2. The van der Waals surface area contributed by atoms with Crippen LogP contribution in [-0.4, -0.2) is 40.4 Å². The Hall–Kier alpha value is -1.49. The number of rotatable bonds is 6. The summed E-state index contributed by atoms with van der Waals surface area (Å²) in [6.07, 6.45) is 7.65. The summed E-state index contributed by atoms with van der Waals surface area (Å²) in [5, 5.41) is 3.17. The van der Waals surface area contributed by atoms with Gasteiger partial charge in [-0.25, -0.2) is 9.97 Å². The normalized spacial score (nSPS) is 22.4. The number of amides is 1. The van der Waals surface area contributed by atoms with Gasteiger partial charge in [-0.1, -0.05) is 20.3 Å². The van der Waals surface area contributed by atoms with Crippen LogP contribution in [0.3, 0.4) is 0 Å². The minimum absolute atomic E-state index is 0.274. The van der Waals surface area contributed by atoms with Gasteiger partial charge in [0.05, 0.1) is 5.69 Å². The van der Waals surface area contributed by atoms with Crippen LogP contribution in [0, 0.1) is 11.8 Å². The molecule has 132 valence electrons.